The third-order valence-corrected chi connectivity index (χ3v) is 8.70. The Labute approximate surface area is 216 Å². The minimum absolute atomic E-state index is 0.133. The van der Waals surface area contributed by atoms with Crippen molar-refractivity contribution < 1.29 is 24.3 Å². The first kappa shape index (κ1) is 23.1. The molecule has 182 valence electrons. The summed E-state index contributed by atoms with van der Waals surface area (Å²) in [5.41, 5.74) is 2.56. The van der Waals surface area contributed by atoms with E-state index in [1.165, 1.54) is 11.0 Å². The molecular weight excluding hydrogens is 522 g/mol. The third kappa shape index (κ3) is 3.15. The lowest BCUT2D eigenvalue weighted by molar-refractivity contribution is -0.140. The zero-order valence-corrected chi connectivity index (χ0v) is 21.2. The van der Waals surface area contributed by atoms with Gasteiger partial charge in [0.1, 0.15) is 5.75 Å². The van der Waals surface area contributed by atoms with Crippen LogP contribution in [0.1, 0.15) is 37.7 Å². The number of nitrogens with zero attached hydrogens (tertiary/aromatic N) is 1. The van der Waals surface area contributed by atoms with Crippen molar-refractivity contribution in [3.8, 4) is 5.75 Å². The number of amides is 2. The predicted molar refractivity (Wildman–Crippen MR) is 137 cm³/mol. The van der Waals surface area contributed by atoms with E-state index in [2.05, 4.69) is 15.9 Å². The van der Waals surface area contributed by atoms with Crippen molar-refractivity contribution in [1.29, 1.82) is 0 Å². The number of fused-ring (bicyclic) bond motifs is 4. The number of hydrogen-bond acceptors (Lipinski definition) is 5. The van der Waals surface area contributed by atoms with Gasteiger partial charge >= 0.3 is 0 Å². The van der Waals surface area contributed by atoms with Gasteiger partial charge in [-0.05, 0) is 58.1 Å². The quantitative estimate of drug-likeness (QED) is 0.342. The van der Waals surface area contributed by atoms with Crippen LogP contribution in [0.5, 0.6) is 5.75 Å². The molecule has 6 nitrogen and oxygen atoms in total. The van der Waals surface area contributed by atoms with Gasteiger partial charge in [-0.3, -0.25) is 24.1 Å². The van der Waals surface area contributed by atoms with Gasteiger partial charge in [-0.25, -0.2) is 0 Å². The molecule has 4 aliphatic rings. The molecule has 6 rings (SSSR count). The molecule has 0 bridgehead atoms. The third-order valence-electron chi connectivity index (χ3n) is 8.12. The van der Waals surface area contributed by atoms with Crippen molar-refractivity contribution in [3.63, 3.8) is 0 Å². The summed E-state index contributed by atoms with van der Waals surface area (Å²) >= 11 is 3.26. The zero-order valence-electron chi connectivity index (χ0n) is 19.7. The fourth-order valence-corrected chi connectivity index (χ4v) is 7.08. The lowest BCUT2D eigenvalue weighted by Crippen LogP contribution is -2.39. The number of halogens is 1. The van der Waals surface area contributed by atoms with Gasteiger partial charge in [-0.15, -0.1) is 0 Å². The van der Waals surface area contributed by atoms with Crippen molar-refractivity contribution >= 4 is 50.1 Å². The molecule has 1 fully saturated rings. The van der Waals surface area contributed by atoms with Crippen LogP contribution >= 0.6 is 15.9 Å². The van der Waals surface area contributed by atoms with Gasteiger partial charge in [0, 0.05) is 35.1 Å². The first-order valence-electron chi connectivity index (χ1n) is 12.3. The number of allylic oxidation sites excluding steroid dienone is 6. The molecule has 1 saturated heterocycles. The highest BCUT2D eigenvalue weighted by molar-refractivity contribution is 9.12. The van der Waals surface area contributed by atoms with Gasteiger partial charge in [0.15, 0.2) is 11.6 Å². The number of imide groups is 1. The van der Waals surface area contributed by atoms with E-state index in [9.17, 15) is 24.3 Å². The Bertz CT molecular complexity index is 1480. The highest BCUT2D eigenvalue weighted by atomic mass is 79.9. The van der Waals surface area contributed by atoms with Gasteiger partial charge in [0.2, 0.25) is 11.8 Å². The fraction of sp³-hybridized carbons (Fsp3) is 0.310. The van der Waals surface area contributed by atoms with E-state index in [1.807, 2.05) is 37.3 Å². The van der Waals surface area contributed by atoms with E-state index in [4.69, 9.17) is 0 Å². The van der Waals surface area contributed by atoms with E-state index in [0.29, 0.717) is 35.9 Å². The smallest absolute Gasteiger partial charge is 0.233 e. The van der Waals surface area contributed by atoms with Crippen molar-refractivity contribution in [2.75, 3.05) is 6.54 Å². The Morgan fingerprint density at radius 2 is 1.75 bits per heavy atom. The van der Waals surface area contributed by atoms with Crippen molar-refractivity contribution in [2.45, 2.75) is 32.1 Å². The first-order chi connectivity index (χ1) is 17.3. The molecule has 2 aromatic rings. The lowest BCUT2D eigenvalue weighted by Gasteiger charge is -2.42. The number of phenols is 1. The average Bonchev–Trinajstić information content (AvgIpc) is 3.12. The number of carbonyl (C=O) groups excluding carboxylic acids is 4. The predicted octanol–water partition coefficient (Wildman–Crippen LogP) is 4.72. The van der Waals surface area contributed by atoms with Gasteiger partial charge in [-0.2, -0.15) is 0 Å². The highest BCUT2D eigenvalue weighted by Gasteiger charge is 2.56. The number of aromatic hydroxyl groups is 1. The normalized spacial score (nSPS) is 27.7. The summed E-state index contributed by atoms with van der Waals surface area (Å²) in [6, 6.07) is 10.8. The number of carbonyl (C=O) groups is 4. The summed E-state index contributed by atoms with van der Waals surface area (Å²) in [4.78, 5) is 54.8. The average molecular weight is 546 g/mol. The largest absolute Gasteiger partial charge is 0.507 e. The molecule has 2 amide bonds. The number of ketones is 2. The molecule has 0 spiro atoms. The maximum absolute atomic E-state index is 13.5. The Morgan fingerprint density at radius 3 is 2.50 bits per heavy atom. The van der Waals surface area contributed by atoms with Crippen molar-refractivity contribution in [3.05, 3.63) is 75.3 Å². The summed E-state index contributed by atoms with van der Waals surface area (Å²) in [6.07, 6.45) is 4.72. The summed E-state index contributed by atoms with van der Waals surface area (Å²) in [7, 11) is 0. The lowest BCUT2D eigenvalue weighted by atomic mass is 9.59. The standard InChI is InChI=1S/C29H24BrNO5/c1-2-11-31-28(35)18-8-7-17-19(25(18)29(31)36)12-20-26(23(33)13-21(30)27(20)34)24(17)16-9-10-22(32)15-6-4-3-5-14(15)16/h3-7,9-10,13,18-19,24-25,32H,2,8,11-12H2,1H3/t18-,19+,24-,25-/m0/s1. The second-order valence-electron chi connectivity index (χ2n) is 9.94. The van der Waals surface area contributed by atoms with Crippen LogP contribution in [0.2, 0.25) is 0 Å². The van der Waals surface area contributed by atoms with Crippen LogP contribution in [0.3, 0.4) is 0 Å². The molecule has 1 heterocycles. The Kier molecular flexibility index (Phi) is 5.37. The molecular formula is C29H24BrNO5. The number of benzene rings is 2. The summed E-state index contributed by atoms with van der Waals surface area (Å²) in [5.74, 6) is -2.54. The Hall–Kier alpha value is -3.32. The second kappa shape index (κ2) is 8.37. The molecule has 0 aromatic heterocycles. The van der Waals surface area contributed by atoms with Crippen LogP contribution in [-0.4, -0.2) is 39.9 Å². The van der Waals surface area contributed by atoms with E-state index in [1.54, 1.807) is 12.1 Å². The Balaban J connectivity index is 1.58. The van der Waals surface area contributed by atoms with Crippen molar-refractivity contribution in [2.24, 2.45) is 17.8 Å². The molecule has 2 aromatic carbocycles. The summed E-state index contributed by atoms with van der Waals surface area (Å²) in [6.45, 7) is 2.32. The maximum Gasteiger partial charge on any atom is 0.233 e. The molecule has 1 aliphatic heterocycles. The van der Waals surface area contributed by atoms with Crippen LogP contribution in [0, 0.1) is 17.8 Å². The number of phenolic OH excluding ortho intramolecular Hbond substituents is 1. The maximum atomic E-state index is 13.5. The molecule has 36 heavy (non-hydrogen) atoms. The minimum Gasteiger partial charge on any atom is -0.507 e. The van der Waals surface area contributed by atoms with Crippen LogP contribution < -0.4 is 0 Å². The monoisotopic (exact) mass is 545 g/mol. The molecule has 3 aliphatic carbocycles. The number of rotatable bonds is 3. The summed E-state index contributed by atoms with van der Waals surface area (Å²) in [5, 5.41) is 11.9. The van der Waals surface area contributed by atoms with Crippen LogP contribution in [-0.2, 0) is 19.2 Å². The van der Waals surface area contributed by atoms with Crippen molar-refractivity contribution in [1.82, 2.24) is 4.90 Å². The first-order valence-corrected chi connectivity index (χ1v) is 13.1. The highest BCUT2D eigenvalue weighted by Crippen LogP contribution is 2.56. The summed E-state index contributed by atoms with van der Waals surface area (Å²) < 4.78 is 0.210. The molecule has 0 unspecified atom stereocenters. The fourth-order valence-electron chi connectivity index (χ4n) is 6.63. The molecule has 0 saturated carbocycles. The number of likely N-dealkylation sites (tertiary alicyclic amines) is 1. The molecule has 7 heteroatoms. The Morgan fingerprint density at radius 1 is 1.00 bits per heavy atom. The zero-order chi connectivity index (χ0) is 25.3. The van der Waals surface area contributed by atoms with Crippen LogP contribution in [0.15, 0.2) is 69.8 Å². The van der Waals surface area contributed by atoms with E-state index in [0.717, 1.165) is 16.5 Å². The van der Waals surface area contributed by atoms with E-state index >= 15 is 0 Å². The van der Waals surface area contributed by atoms with Gasteiger partial charge < -0.3 is 5.11 Å². The van der Waals surface area contributed by atoms with Crippen LogP contribution in [0.4, 0.5) is 0 Å². The van der Waals surface area contributed by atoms with Gasteiger partial charge in [0.25, 0.3) is 0 Å². The van der Waals surface area contributed by atoms with E-state index < -0.39 is 17.8 Å². The number of hydrogen-bond donors (Lipinski definition) is 1. The molecule has 4 atom stereocenters. The topological polar surface area (TPSA) is 91.8 Å². The van der Waals surface area contributed by atoms with Crippen LogP contribution in [0.25, 0.3) is 10.8 Å². The minimum atomic E-state index is -0.545. The molecule has 1 N–H and O–H groups in total. The van der Waals surface area contributed by atoms with Gasteiger partial charge in [0.05, 0.1) is 16.3 Å². The number of Topliss-reactive ketones (excluding diaryl/α,β-unsaturated/α-hetero) is 1. The second-order valence-corrected chi connectivity index (χ2v) is 10.8. The molecule has 0 radical (unpaired) electrons. The van der Waals surface area contributed by atoms with Gasteiger partial charge in [-0.1, -0.05) is 48.9 Å². The van der Waals surface area contributed by atoms with E-state index in [-0.39, 0.29) is 46.0 Å². The SMILES string of the molecule is CCCN1C(=O)[C@H]2[C@H](CC=C3[C@H](c4ccc(O)c5ccccc45)C4=C(C[C@H]32)C(=O)C(Br)=CC4=O)C1=O.